The van der Waals surface area contributed by atoms with E-state index >= 15 is 0 Å². The summed E-state index contributed by atoms with van der Waals surface area (Å²) in [6.07, 6.45) is 2.71. The number of carbonyl (C=O) groups is 1. The van der Waals surface area contributed by atoms with Crippen LogP contribution in [0.25, 0.3) is 11.0 Å². The molecule has 0 spiro atoms. The summed E-state index contributed by atoms with van der Waals surface area (Å²) >= 11 is 5.96. The summed E-state index contributed by atoms with van der Waals surface area (Å²) < 4.78 is 21.6. The van der Waals surface area contributed by atoms with Crippen molar-refractivity contribution < 1.29 is 13.9 Å². The lowest BCUT2D eigenvalue weighted by Crippen LogP contribution is -2.43. The Kier molecular flexibility index (Phi) is 4.62. The second-order valence-corrected chi connectivity index (χ2v) is 7.78. The van der Waals surface area contributed by atoms with Crippen molar-refractivity contribution in [2.24, 2.45) is 0 Å². The maximum Gasteiger partial charge on any atom is 0.410 e. The van der Waals surface area contributed by atoms with Gasteiger partial charge in [-0.15, -0.1) is 10.2 Å². The number of ether oxygens (including phenoxy) is 1. The molecule has 0 saturated carbocycles. The predicted octanol–water partition coefficient (Wildman–Crippen LogP) is 4.10. The second-order valence-electron chi connectivity index (χ2n) is 7.42. The van der Waals surface area contributed by atoms with Gasteiger partial charge in [0.1, 0.15) is 5.60 Å². The van der Waals surface area contributed by atoms with Crippen molar-refractivity contribution in [3.8, 4) is 0 Å². The molecule has 0 aromatic carbocycles. The van der Waals surface area contributed by atoms with Crippen LogP contribution < -0.4 is 0 Å². The number of hydrogen-bond acceptors (Lipinski definition) is 4. The number of halogens is 2. The van der Waals surface area contributed by atoms with Crippen molar-refractivity contribution in [2.75, 3.05) is 13.1 Å². The second kappa shape index (κ2) is 6.44. The minimum absolute atomic E-state index is 0.0804. The monoisotopic (exact) mass is 368 g/mol. The van der Waals surface area contributed by atoms with E-state index in [1.807, 2.05) is 20.8 Å². The largest absolute Gasteiger partial charge is 0.444 e. The standard InChI is InChI=1S/C17H22ClFN4O2/c1-10-13-12(19)9-23(15(13)21-20-14(10)18)11-6-5-7-22(8-11)16(24)25-17(2,3)4/h9,11H,5-8H2,1-4H3/t11-/m1/s1. The molecule has 2 aromatic rings. The molecule has 1 fully saturated rings. The SMILES string of the molecule is Cc1c(Cl)nnc2c1c(F)cn2[C@@H]1CCCN(C(=O)OC(C)(C)C)C1. The van der Waals surface area contributed by atoms with Gasteiger partial charge in [0.05, 0.1) is 11.4 Å². The molecule has 25 heavy (non-hydrogen) atoms. The molecule has 3 rings (SSSR count). The summed E-state index contributed by atoms with van der Waals surface area (Å²) in [4.78, 5) is 14.0. The molecule has 2 aromatic heterocycles. The Balaban J connectivity index is 1.89. The molecular weight excluding hydrogens is 347 g/mol. The Morgan fingerprint density at radius 1 is 1.40 bits per heavy atom. The number of fused-ring (bicyclic) bond motifs is 1. The van der Waals surface area contributed by atoms with E-state index < -0.39 is 5.60 Å². The Hall–Kier alpha value is -1.89. The molecule has 0 bridgehead atoms. The molecular formula is C17H22ClFN4O2. The number of amides is 1. The van der Waals surface area contributed by atoms with E-state index in [1.165, 1.54) is 6.20 Å². The molecule has 0 aliphatic carbocycles. The molecule has 1 aliphatic rings. The van der Waals surface area contributed by atoms with E-state index in [9.17, 15) is 9.18 Å². The first-order chi connectivity index (χ1) is 11.7. The zero-order valence-corrected chi connectivity index (χ0v) is 15.6. The summed E-state index contributed by atoms with van der Waals surface area (Å²) in [5.74, 6) is -0.376. The molecule has 1 saturated heterocycles. The lowest BCUT2D eigenvalue weighted by molar-refractivity contribution is 0.0174. The number of rotatable bonds is 1. The Labute approximate surface area is 150 Å². The van der Waals surface area contributed by atoms with Gasteiger partial charge in [-0.1, -0.05) is 11.6 Å². The third-order valence-corrected chi connectivity index (χ3v) is 4.68. The summed E-state index contributed by atoms with van der Waals surface area (Å²) in [6, 6.07) is -0.0804. The number of carbonyl (C=O) groups excluding carboxylic acids is 1. The van der Waals surface area contributed by atoms with Gasteiger partial charge in [0.2, 0.25) is 0 Å². The van der Waals surface area contributed by atoms with Gasteiger partial charge in [0.15, 0.2) is 16.6 Å². The van der Waals surface area contributed by atoms with Crippen molar-refractivity contribution in [3.05, 3.63) is 22.7 Å². The van der Waals surface area contributed by atoms with E-state index in [2.05, 4.69) is 10.2 Å². The average Bonchev–Trinajstić information content (AvgIpc) is 2.87. The third kappa shape index (κ3) is 3.56. The molecule has 1 aliphatic heterocycles. The van der Waals surface area contributed by atoms with E-state index in [4.69, 9.17) is 16.3 Å². The molecule has 0 N–H and O–H groups in total. The zero-order valence-electron chi connectivity index (χ0n) is 14.8. The first kappa shape index (κ1) is 17.9. The van der Waals surface area contributed by atoms with Crippen LogP contribution in [-0.4, -0.2) is 44.4 Å². The lowest BCUT2D eigenvalue weighted by Gasteiger charge is -2.34. The van der Waals surface area contributed by atoms with Crippen LogP contribution in [0.15, 0.2) is 6.20 Å². The van der Waals surface area contributed by atoms with Gasteiger partial charge in [-0.25, -0.2) is 9.18 Å². The maximum atomic E-state index is 14.4. The Bertz CT molecular complexity index is 815. The first-order valence-corrected chi connectivity index (χ1v) is 8.72. The van der Waals surface area contributed by atoms with Crippen LogP contribution in [0.4, 0.5) is 9.18 Å². The van der Waals surface area contributed by atoms with Gasteiger partial charge in [-0.2, -0.15) is 0 Å². The van der Waals surface area contributed by atoms with Crippen molar-refractivity contribution >= 4 is 28.7 Å². The zero-order chi connectivity index (χ0) is 18.4. The fraction of sp³-hybridized carbons (Fsp3) is 0.588. The fourth-order valence-electron chi connectivity index (χ4n) is 3.15. The maximum absolute atomic E-state index is 14.4. The Morgan fingerprint density at radius 3 is 2.80 bits per heavy atom. The van der Waals surface area contributed by atoms with Crippen molar-refractivity contribution in [3.63, 3.8) is 0 Å². The number of aromatic nitrogens is 3. The van der Waals surface area contributed by atoms with Crippen molar-refractivity contribution in [1.82, 2.24) is 19.7 Å². The lowest BCUT2D eigenvalue weighted by atomic mass is 10.1. The molecule has 3 heterocycles. The van der Waals surface area contributed by atoms with Gasteiger partial charge in [0.25, 0.3) is 0 Å². The van der Waals surface area contributed by atoms with E-state index in [-0.39, 0.29) is 23.1 Å². The minimum Gasteiger partial charge on any atom is -0.444 e. The van der Waals surface area contributed by atoms with Crippen LogP contribution in [0, 0.1) is 12.7 Å². The molecule has 8 heteroatoms. The molecule has 1 amide bonds. The molecule has 6 nitrogen and oxygen atoms in total. The van der Waals surface area contributed by atoms with E-state index in [0.717, 1.165) is 12.8 Å². The molecule has 136 valence electrons. The number of piperidine rings is 1. The highest BCUT2D eigenvalue weighted by atomic mass is 35.5. The number of nitrogens with zero attached hydrogens (tertiary/aromatic N) is 4. The summed E-state index contributed by atoms with van der Waals surface area (Å²) in [5.41, 5.74) is 0.480. The molecule has 0 radical (unpaired) electrons. The van der Waals surface area contributed by atoms with E-state index in [1.54, 1.807) is 16.4 Å². The van der Waals surface area contributed by atoms with Gasteiger partial charge in [-0.05, 0) is 40.5 Å². The summed E-state index contributed by atoms with van der Waals surface area (Å²) in [6.45, 7) is 8.31. The van der Waals surface area contributed by atoms with Gasteiger partial charge in [-0.3, -0.25) is 0 Å². The highest BCUT2D eigenvalue weighted by Crippen LogP contribution is 2.31. The van der Waals surface area contributed by atoms with Gasteiger partial charge >= 0.3 is 6.09 Å². The topological polar surface area (TPSA) is 60.2 Å². The van der Waals surface area contributed by atoms with E-state index in [0.29, 0.717) is 29.7 Å². The first-order valence-electron chi connectivity index (χ1n) is 8.34. The smallest absolute Gasteiger partial charge is 0.410 e. The minimum atomic E-state index is -0.546. The average molecular weight is 369 g/mol. The van der Waals surface area contributed by atoms with Crippen molar-refractivity contribution in [2.45, 2.75) is 52.2 Å². The van der Waals surface area contributed by atoms with Crippen LogP contribution >= 0.6 is 11.6 Å². The number of aryl methyl sites for hydroxylation is 1. The highest BCUT2D eigenvalue weighted by molar-refractivity contribution is 6.30. The predicted molar refractivity (Wildman–Crippen MR) is 93.3 cm³/mol. The molecule has 0 unspecified atom stereocenters. The van der Waals surface area contributed by atoms with Crippen LogP contribution in [0.3, 0.4) is 0 Å². The summed E-state index contributed by atoms with van der Waals surface area (Å²) in [5, 5.41) is 8.56. The fourth-order valence-corrected chi connectivity index (χ4v) is 3.29. The third-order valence-electron chi connectivity index (χ3n) is 4.32. The van der Waals surface area contributed by atoms with Gasteiger partial charge < -0.3 is 14.2 Å². The van der Waals surface area contributed by atoms with Crippen LogP contribution in [0.2, 0.25) is 5.15 Å². The van der Waals surface area contributed by atoms with Gasteiger partial charge in [0, 0.05) is 24.8 Å². The summed E-state index contributed by atoms with van der Waals surface area (Å²) in [7, 11) is 0. The number of hydrogen-bond donors (Lipinski definition) is 0. The van der Waals surface area contributed by atoms with Crippen LogP contribution in [0.5, 0.6) is 0 Å². The highest BCUT2D eigenvalue weighted by Gasteiger charge is 2.30. The van der Waals surface area contributed by atoms with Crippen molar-refractivity contribution in [1.29, 1.82) is 0 Å². The van der Waals surface area contributed by atoms with Crippen LogP contribution in [-0.2, 0) is 4.74 Å². The molecule has 1 atom stereocenters. The quantitative estimate of drug-likeness (QED) is 0.760. The normalized spacial score (nSPS) is 18.6. The van der Waals surface area contributed by atoms with Crippen LogP contribution in [0.1, 0.15) is 45.2 Å². The number of likely N-dealkylation sites (tertiary alicyclic amines) is 1. The Morgan fingerprint density at radius 2 is 2.12 bits per heavy atom.